The number of nitrogens with one attached hydrogen (secondary N) is 3. The molecule has 3 rings (SSSR count). The molecule has 2 amide bonds. The summed E-state index contributed by atoms with van der Waals surface area (Å²) in [6.07, 6.45) is 2.00. The summed E-state index contributed by atoms with van der Waals surface area (Å²) in [7, 11) is 1.88. The number of nitrogen functional groups attached to an aromatic ring is 1. The van der Waals surface area contributed by atoms with Crippen LogP contribution in [0.2, 0.25) is 0 Å². The number of carbonyl (C=O) groups is 2. The molecular formula is C22H26N6O2. The Balaban J connectivity index is 1.71. The number of carbonyl (C=O) groups excluding carboxylic acids is 2. The third-order valence-corrected chi connectivity index (χ3v) is 4.62. The third kappa shape index (κ3) is 5.16. The second kappa shape index (κ2) is 9.13. The largest absolute Gasteiger partial charge is 0.399 e. The molecule has 1 aliphatic heterocycles. The van der Waals surface area contributed by atoms with Crippen molar-refractivity contribution in [2.24, 2.45) is 4.99 Å². The number of hydrogen-bond acceptors (Lipinski definition) is 6. The summed E-state index contributed by atoms with van der Waals surface area (Å²) >= 11 is 0. The van der Waals surface area contributed by atoms with Crippen LogP contribution in [0.15, 0.2) is 59.4 Å². The van der Waals surface area contributed by atoms with Crippen molar-refractivity contribution in [1.29, 1.82) is 0 Å². The van der Waals surface area contributed by atoms with Crippen molar-refractivity contribution in [1.82, 2.24) is 10.2 Å². The van der Waals surface area contributed by atoms with Crippen molar-refractivity contribution in [3.63, 3.8) is 0 Å². The molecule has 1 aliphatic rings. The lowest BCUT2D eigenvalue weighted by Gasteiger charge is -2.26. The molecule has 0 spiro atoms. The van der Waals surface area contributed by atoms with Gasteiger partial charge in [-0.1, -0.05) is 19.1 Å². The van der Waals surface area contributed by atoms with Crippen LogP contribution in [0.1, 0.15) is 29.3 Å². The van der Waals surface area contributed by atoms with Gasteiger partial charge in [0.05, 0.1) is 18.4 Å². The monoisotopic (exact) mass is 406 g/mol. The molecule has 0 aromatic heterocycles. The Morgan fingerprint density at radius 1 is 1.13 bits per heavy atom. The fourth-order valence-electron chi connectivity index (χ4n) is 2.96. The first kappa shape index (κ1) is 20.9. The standard InChI is InChI=1S/C22H26N6O2/c1-4-20(29)25-17-9-8-14(2)19(11-17)21(30)26-18-12-24-22(28(3)13-18)27-16-7-5-6-15(23)10-16/h5-12H,4,13,23H2,1-3H3,(H,24,27)(H,25,29)(H,26,30). The predicted octanol–water partition coefficient (Wildman–Crippen LogP) is 2.91. The van der Waals surface area contributed by atoms with E-state index in [1.54, 1.807) is 25.3 Å². The van der Waals surface area contributed by atoms with Crippen LogP contribution >= 0.6 is 0 Å². The first-order chi connectivity index (χ1) is 14.4. The molecule has 8 nitrogen and oxygen atoms in total. The average Bonchev–Trinajstić information content (AvgIpc) is 2.71. The number of benzene rings is 2. The maximum Gasteiger partial charge on any atom is 0.255 e. The number of anilines is 3. The first-order valence-electron chi connectivity index (χ1n) is 9.68. The van der Waals surface area contributed by atoms with Gasteiger partial charge in [-0.3, -0.25) is 9.59 Å². The lowest BCUT2D eigenvalue weighted by Crippen LogP contribution is -2.40. The summed E-state index contributed by atoms with van der Waals surface area (Å²) in [5.74, 6) is 0.303. The van der Waals surface area contributed by atoms with Crippen LogP contribution in [0.3, 0.4) is 0 Å². The number of likely N-dealkylation sites (N-methyl/N-ethyl adjacent to an activating group) is 1. The number of nitrogens with zero attached hydrogens (tertiary/aromatic N) is 2. The maximum atomic E-state index is 12.8. The minimum absolute atomic E-state index is 0.101. The highest BCUT2D eigenvalue weighted by Gasteiger charge is 2.17. The Bertz CT molecular complexity index is 1030. The van der Waals surface area contributed by atoms with Gasteiger partial charge in [0.2, 0.25) is 11.9 Å². The van der Waals surface area contributed by atoms with E-state index in [4.69, 9.17) is 5.73 Å². The highest BCUT2D eigenvalue weighted by atomic mass is 16.2. The molecule has 0 saturated heterocycles. The van der Waals surface area contributed by atoms with Crippen LogP contribution in [-0.2, 0) is 4.79 Å². The number of rotatable bonds is 5. The van der Waals surface area contributed by atoms with Gasteiger partial charge in [-0.25, -0.2) is 4.99 Å². The van der Waals surface area contributed by atoms with Crippen molar-refractivity contribution in [2.75, 3.05) is 30.0 Å². The fourth-order valence-corrected chi connectivity index (χ4v) is 2.96. The molecule has 0 fully saturated rings. The summed E-state index contributed by atoms with van der Waals surface area (Å²) in [4.78, 5) is 30.7. The molecule has 0 unspecified atom stereocenters. The van der Waals surface area contributed by atoms with E-state index in [2.05, 4.69) is 20.9 Å². The van der Waals surface area contributed by atoms with Crippen LogP contribution in [0.4, 0.5) is 17.1 Å². The topological polar surface area (TPSA) is 112 Å². The molecule has 0 atom stereocenters. The fraction of sp³-hybridized carbons (Fsp3) is 0.227. The Kier molecular flexibility index (Phi) is 6.36. The molecule has 8 heteroatoms. The van der Waals surface area contributed by atoms with Crippen molar-refractivity contribution in [2.45, 2.75) is 20.3 Å². The van der Waals surface area contributed by atoms with Gasteiger partial charge in [-0.15, -0.1) is 0 Å². The van der Waals surface area contributed by atoms with Crippen molar-refractivity contribution in [3.8, 4) is 0 Å². The summed E-state index contributed by atoms with van der Waals surface area (Å²) < 4.78 is 0. The Morgan fingerprint density at radius 3 is 2.63 bits per heavy atom. The van der Waals surface area contributed by atoms with E-state index < -0.39 is 0 Å². The molecular weight excluding hydrogens is 380 g/mol. The lowest BCUT2D eigenvalue weighted by molar-refractivity contribution is -0.115. The number of hydrogen-bond donors (Lipinski definition) is 4. The normalized spacial score (nSPS) is 13.2. The highest BCUT2D eigenvalue weighted by molar-refractivity contribution is 6.00. The number of guanidine groups is 1. The summed E-state index contributed by atoms with van der Waals surface area (Å²) in [6, 6.07) is 12.7. The van der Waals surface area contributed by atoms with Crippen LogP contribution in [0, 0.1) is 6.92 Å². The predicted molar refractivity (Wildman–Crippen MR) is 120 cm³/mol. The van der Waals surface area contributed by atoms with Gasteiger partial charge in [-0.05, 0) is 42.8 Å². The minimum atomic E-state index is -0.248. The molecule has 0 bridgehead atoms. The molecule has 1 heterocycles. The highest BCUT2D eigenvalue weighted by Crippen LogP contribution is 2.17. The average molecular weight is 406 g/mol. The lowest BCUT2D eigenvalue weighted by atomic mass is 10.1. The molecule has 30 heavy (non-hydrogen) atoms. The molecule has 2 aromatic carbocycles. The van der Waals surface area contributed by atoms with Crippen molar-refractivity contribution in [3.05, 3.63) is 65.5 Å². The van der Waals surface area contributed by atoms with Gasteiger partial charge in [0.25, 0.3) is 5.91 Å². The van der Waals surface area contributed by atoms with Gasteiger partial charge in [0, 0.05) is 36.1 Å². The second-order valence-corrected chi connectivity index (χ2v) is 7.10. The second-order valence-electron chi connectivity index (χ2n) is 7.10. The van der Waals surface area contributed by atoms with E-state index in [0.717, 1.165) is 11.3 Å². The van der Waals surface area contributed by atoms with Crippen LogP contribution < -0.4 is 21.7 Å². The summed E-state index contributed by atoms with van der Waals surface area (Å²) in [6.45, 7) is 4.11. The Morgan fingerprint density at radius 2 is 1.93 bits per heavy atom. The minimum Gasteiger partial charge on any atom is -0.399 e. The molecule has 2 aromatic rings. The Labute approximate surface area is 175 Å². The number of amides is 2. The molecule has 0 aliphatic carbocycles. The van der Waals surface area contributed by atoms with Crippen LogP contribution in [0.25, 0.3) is 0 Å². The van der Waals surface area contributed by atoms with Crippen LogP contribution in [0.5, 0.6) is 0 Å². The smallest absolute Gasteiger partial charge is 0.255 e. The van der Waals surface area contributed by atoms with Crippen LogP contribution in [-0.4, -0.2) is 36.3 Å². The van der Waals surface area contributed by atoms with E-state index in [1.165, 1.54) is 0 Å². The van der Waals surface area contributed by atoms with Gasteiger partial charge < -0.3 is 26.6 Å². The van der Waals surface area contributed by atoms with E-state index in [-0.39, 0.29) is 11.8 Å². The Hall–Kier alpha value is -3.81. The van der Waals surface area contributed by atoms with E-state index in [0.29, 0.717) is 41.6 Å². The van der Waals surface area contributed by atoms with Gasteiger partial charge in [0.15, 0.2) is 0 Å². The zero-order chi connectivity index (χ0) is 21.7. The molecule has 0 saturated carbocycles. The van der Waals surface area contributed by atoms with Gasteiger partial charge in [-0.2, -0.15) is 0 Å². The number of nitrogens with two attached hydrogens (primary N) is 1. The molecule has 156 valence electrons. The maximum absolute atomic E-state index is 12.8. The van der Waals surface area contributed by atoms with Crippen molar-refractivity contribution >= 4 is 34.8 Å². The third-order valence-electron chi connectivity index (χ3n) is 4.62. The van der Waals surface area contributed by atoms with E-state index >= 15 is 0 Å². The van der Waals surface area contributed by atoms with Gasteiger partial charge in [0.1, 0.15) is 0 Å². The van der Waals surface area contributed by atoms with Gasteiger partial charge >= 0.3 is 0 Å². The summed E-state index contributed by atoms with van der Waals surface area (Å²) in [5.41, 5.74) is 9.89. The molecule has 0 radical (unpaired) electrons. The number of aliphatic imine (C=N–C) groups is 1. The SMILES string of the molecule is CCC(=O)Nc1ccc(C)c(C(=O)NC2=CN=C(Nc3cccc(N)c3)N(C)C2)c1. The quantitative estimate of drug-likeness (QED) is 0.571. The zero-order valence-electron chi connectivity index (χ0n) is 17.3. The van der Waals surface area contributed by atoms with E-state index in [9.17, 15) is 9.59 Å². The number of aryl methyl sites for hydroxylation is 1. The summed E-state index contributed by atoms with van der Waals surface area (Å²) in [5, 5.41) is 8.90. The zero-order valence-corrected chi connectivity index (χ0v) is 17.3. The molecule has 5 N–H and O–H groups in total. The van der Waals surface area contributed by atoms with E-state index in [1.807, 2.05) is 49.2 Å². The van der Waals surface area contributed by atoms with Crippen molar-refractivity contribution < 1.29 is 9.59 Å². The first-order valence-corrected chi connectivity index (χ1v) is 9.68.